The Balaban J connectivity index is 2.56. The SMILES string of the molecule is CC[C@H](C)[C@H](N)C(=O)N1C=CC=CC1. The van der Waals surface area contributed by atoms with Crippen molar-refractivity contribution in [2.75, 3.05) is 6.54 Å². The number of hydrogen-bond acceptors (Lipinski definition) is 2. The van der Waals surface area contributed by atoms with E-state index in [-0.39, 0.29) is 17.9 Å². The number of rotatable bonds is 3. The monoisotopic (exact) mass is 194 g/mol. The van der Waals surface area contributed by atoms with Gasteiger partial charge in [-0.2, -0.15) is 0 Å². The Hall–Kier alpha value is -1.09. The molecule has 1 heterocycles. The van der Waals surface area contributed by atoms with Crippen LogP contribution in [0.5, 0.6) is 0 Å². The molecule has 2 N–H and O–H groups in total. The summed E-state index contributed by atoms with van der Waals surface area (Å²) in [6.07, 6.45) is 8.44. The van der Waals surface area contributed by atoms with Crippen molar-refractivity contribution in [2.45, 2.75) is 26.3 Å². The number of carbonyl (C=O) groups excluding carboxylic acids is 1. The molecule has 3 heteroatoms. The minimum absolute atomic E-state index is 0.0138. The number of hydrogen-bond donors (Lipinski definition) is 1. The summed E-state index contributed by atoms with van der Waals surface area (Å²) in [4.78, 5) is 13.5. The molecule has 14 heavy (non-hydrogen) atoms. The van der Waals surface area contributed by atoms with Crippen molar-refractivity contribution in [1.29, 1.82) is 0 Å². The van der Waals surface area contributed by atoms with Gasteiger partial charge in [-0.05, 0) is 12.0 Å². The fourth-order valence-electron chi connectivity index (χ4n) is 1.32. The molecule has 78 valence electrons. The quantitative estimate of drug-likeness (QED) is 0.735. The fourth-order valence-corrected chi connectivity index (χ4v) is 1.32. The van der Waals surface area contributed by atoms with E-state index in [0.717, 1.165) is 6.42 Å². The van der Waals surface area contributed by atoms with Crippen LogP contribution in [0.2, 0.25) is 0 Å². The van der Waals surface area contributed by atoms with E-state index in [9.17, 15) is 4.79 Å². The zero-order chi connectivity index (χ0) is 10.6. The Morgan fingerprint density at radius 2 is 2.29 bits per heavy atom. The molecule has 0 bridgehead atoms. The van der Waals surface area contributed by atoms with Gasteiger partial charge in [-0.25, -0.2) is 0 Å². The lowest BCUT2D eigenvalue weighted by atomic mass is 9.99. The minimum atomic E-state index is -0.379. The molecular formula is C11H18N2O. The molecule has 0 aliphatic carbocycles. The van der Waals surface area contributed by atoms with Gasteiger partial charge in [0.25, 0.3) is 0 Å². The van der Waals surface area contributed by atoms with E-state index in [1.54, 1.807) is 11.1 Å². The van der Waals surface area contributed by atoms with Crippen molar-refractivity contribution in [3.8, 4) is 0 Å². The van der Waals surface area contributed by atoms with E-state index in [4.69, 9.17) is 5.73 Å². The average Bonchev–Trinajstić information content (AvgIpc) is 2.27. The largest absolute Gasteiger partial charge is 0.320 e. The summed E-state index contributed by atoms with van der Waals surface area (Å²) in [5.74, 6) is 0.252. The smallest absolute Gasteiger partial charge is 0.243 e. The predicted molar refractivity (Wildman–Crippen MR) is 57.4 cm³/mol. The molecule has 0 saturated carbocycles. The van der Waals surface area contributed by atoms with Gasteiger partial charge in [-0.3, -0.25) is 4.79 Å². The van der Waals surface area contributed by atoms with E-state index in [1.165, 1.54) is 0 Å². The van der Waals surface area contributed by atoms with Crippen LogP contribution in [0, 0.1) is 5.92 Å². The van der Waals surface area contributed by atoms with Crippen molar-refractivity contribution in [3.63, 3.8) is 0 Å². The second kappa shape index (κ2) is 4.96. The second-order valence-electron chi connectivity index (χ2n) is 3.67. The summed E-state index contributed by atoms with van der Waals surface area (Å²) in [7, 11) is 0. The number of allylic oxidation sites excluding steroid dienone is 2. The van der Waals surface area contributed by atoms with Crippen LogP contribution in [0.3, 0.4) is 0 Å². The Bertz CT molecular complexity index is 258. The molecule has 1 rings (SSSR count). The lowest BCUT2D eigenvalue weighted by Gasteiger charge is -2.25. The van der Waals surface area contributed by atoms with Crippen molar-refractivity contribution in [2.24, 2.45) is 11.7 Å². The van der Waals surface area contributed by atoms with Gasteiger partial charge in [0.15, 0.2) is 0 Å². The van der Waals surface area contributed by atoms with Crippen LogP contribution in [-0.4, -0.2) is 23.4 Å². The first kappa shape index (κ1) is 11.0. The highest BCUT2D eigenvalue weighted by molar-refractivity contribution is 5.83. The topological polar surface area (TPSA) is 46.3 Å². The summed E-state index contributed by atoms with van der Waals surface area (Å²) in [6, 6.07) is -0.379. The first-order chi connectivity index (χ1) is 6.66. The second-order valence-corrected chi connectivity index (χ2v) is 3.67. The zero-order valence-electron chi connectivity index (χ0n) is 8.81. The number of nitrogens with zero attached hydrogens (tertiary/aromatic N) is 1. The third kappa shape index (κ3) is 2.45. The molecule has 0 aromatic rings. The van der Waals surface area contributed by atoms with Crippen LogP contribution >= 0.6 is 0 Å². The number of amides is 1. The number of carbonyl (C=O) groups is 1. The van der Waals surface area contributed by atoms with Crippen molar-refractivity contribution in [3.05, 3.63) is 24.4 Å². The number of nitrogens with two attached hydrogens (primary N) is 1. The first-order valence-electron chi connectivity index (χ1n) is 5.06. The molecule has 0 unspecified atom stereocenters. The average molecular weight is 194 g/mol. The van der Waals surface area contributed by atoms with Crippen molar-refractivity contribution < 1.29 is 4.79 Å². The lowest BCUT2D eigenvalue weighted by molar-refractivity contribution is -0.130. The maximum Gasteiger partial charge on any atom is 0.243 e. The van der Waals surface area contributed by atoms with Crippen LogP contribution in [-0.2, 0) is 4.79 Å². The summed E-state index contributed by atoms with van der Waals surface area (Å²) >= 11 is 0. The molecule has 1 aliphatic rings. The Morgan fingerprint density at radius 3 is 2.79 bits per heavy atom. The van der Waals surface area contributed by atoms with Gasteiger partial charge in [0.1, 0.15) is 0 Å². The van der Waals surface area contributed by atoms with Gasteiger partial charge in [0.05, 0.1) is 6.04 Å². The molecule has 0 aromatic heterocycles. The van der Waals surface area contributed by atoms with Gasteiger partial charge in [0.2, 0.25) is 5.91 Å². The summed E-state index contributed by atoms with van der Waals surface area (Å²) < 4.78 is 0. The summed E-state index contributed by atoms with van der Waals surface area (Å²) in [5, 5.41) is 0. The first-order valence-corrected chi connectivity index (χ1v) is 5.06. The van der Waals surface area contributed by atoms with Crippen LogP contribution in [0.1, 0.15) is 20.3 Å². The Kier molecular flexibility index (Phi) is 3.89. The Labute approximate surface area is 85.3 Å². The summed E-state index contributed by atoms with van der Waals surface area (Å²) in [6.45, 7) is 4.69. The van der Waals surface area contributed by atoms with Crippen LogP contribution in [0.25, 0.3) is 0 Å². The molecule has 3 nitrogen and oxygen atoms in total. The van der Waals surface area contributed by atoms with Crippen LogP contribution < -0.4 is 5.73 Å². The van der Waals surface area contributed by atoms with E-state index in [2.05, 4.69) is 0 Å². The van der Waals surface area contributed by atoms with E-state index >= 15 is 0 Å². The van der Waals surface area contributed by atoms with E-state index < -0.39 is 0 Å². The highest BCUT2D eigenvalue weighted by Crippen LogP contribution is 2.10. The third-order valence-electron chi connectivity index (χ3n) is 2.64. The van der Waals surface area contributed by atoms with Crippen LogP contribution in [0.15, 0.2) is 24.4 Å². The van der Waals surface area contributed by atoms with Gasteiger partial charge >= 0.3 is 0 Å². The van der Waals surface area contributed by atoms with Gasteiger partial charge in [-0.15, -0.1) is 0 Å². The standard InChI is InChI=1S/C11H18N2O/c1-3-9(2)10(12)11(14)13-7-5-4-6-8-13/h4-7,9-10H,3,8,12H2,1-2H3/t9-,10-/m0/s1. The van der Waals surface area contributed by atoms with E-state index in [0.29, 0.717) is 6.54 Å². The molecule has 1 aliphatic heterocycles. The fraction of sp³-hybridized carbons (Fsp3) is 0.545. The molecular weight excluding hydrogens is 176 g/mol. The molecule has 0 spiro atoms. The third-order valence-corrected chi connectivity index (χ3v) is 2.64. The van der Waals surface area contributed by atoms with E-state index in [1.807, 2.05) is 32.1 Å². The maximum absolute atomic E-state index is 11.8. The highest BCUT2D eigenvalue weighted by Gasteiger charge is 2.23. The molecule has 1 amide bonds. The molecule has 2 atom stereocenters. The summed E-state index contributed by atoms with van der Waals surface area (Å²) in [5.41, 5.74) is 5.85. The van der Waals surface area contributed by atoms with Gasteiger partial charge < -0.3 is 10.6 Å². The molecule has 0 aromatic carbocycles. The van der Waals surface area contributed by atoms with Gasteiger partial charge in [0, 0.05) is 12.7 Å². The van der Waals surface area contributed by atoms with Crippen molar-refractivity contribution >= 4 is 5.91 Å². The highest BCUT2D eigenvalue weighted by atomic mass is 16.2. The predicted octanol–water partition coefficient (Wildman–Crippen LogP) is 1.27. The minimum Gasteiger partial charge on any atom is -0.320 e. The lowest BCUT2D eigenvalue weighted by Crippen LogP contribution is -2.45. The van der Waals surface area contributed by atoms with Crippen molar-refractivity contribution in [1.82, 2.24) is 4.90 Å². The maximum atomic E-state index is 11.8. The molecule has 0 radical (unpaired) electrons. The molecule has 0 fully saturated rings. The van der Waals surface area contributed by atoms with Crippen LogP contribution in [0.4, 0.5) is 0 Å². The van der Waals surface area contributed by atoms with Gasteiger partial charge in [-0.1, -0.05) is 32.4 Å². The molecule has 0 saturated heterocycles. The normalized spacial score (nSPS) is 19.5. The zero-order valence-corrected chi connectivity index (χ0v) is 8.81. The Morgan fingerprint density at radius 1 is 1.57 bits per heavy atom.